The molecule has 6 nitrogen and oxygen atoms in total. The molecule has 1 aliphatic rings. The van der Waals surface area contributed by atoms with Crippen molar-refractivity contribution >= 4 is 17.4 Å². The molecule has 6 heteroatoms. The van der Waals surface area contributed by atoms with E-state index in [0.29, 0.717) is 6.54 Å². The third kappa shape index (κ3) is 5.16. The number of ether oxygens (including phenoxy) is 1. The number of amides is 2. The number of benzene rings is 2. The Labute approximate surface area is 167 Å². The molecule has 2 aromatic rings. The van der Waals surface area contributed by atoms with Crippen LogP contribution in [0.25, 0.3) is 0 Å². The number of rotatable bonds is 6. The van der Waals surface area contributed by atoms with Gasteiger partial charge in [-0.15, -0.1) is 0 Å². The average Bonchev–Trinajstić information content (AvgIpc) is 2.71. The zero-order valence-electron chi connectivity index (χ0n) is 17.0. The highest BCUT2D eigenvalue weighted by Gasteiger charge is 2.20. The largest absolute Gasteiger partial charge is 0.496 e. The van der Waals surface area contributed by atoms with Crippen molar-refractivity contribution in [2.45, 2.75) is 13.8 Å². The Kier molecular flexibility index (Phi) is 6.76. The molecule has 1 heterocycles. The van der Waals surface area contributed by atoms with E-state index >= 15 is 0 Å². The summed E-state index contributed by atoms with van der Waals surface area (Å²) in [6.45, 7) is 9.93. The van der Waals surface area contributed by atoms with Crippen LogP contribution >= 0.6 is 0 Å². The van der Waals surface area contributed by atoms with Gasteiger partial charge in [-0.05, 0) is 38.1 Å². The Balaban J connectivity index is 1.39. The molecule has 3 N–H and O–H groups in total. The van der Waals surface area contributed by atoms with E-state index in [1.54, 1.807) is 7.11 Å². The molecule has 0 spiro atoms. The molecule has 1 saturated heterocycles. The van der Waals surface area contributed by atoms with Crippen LogP contribution in [0.15, 0.2) is 42.5 Å². The molecule has 28 heavy (non-hydrogen) atoms. The lowest BCUT2D eigenvalue weighted by Gasteiger charge is -2.33. The van der Waals surface area contributed by atoms with Gasteiger partial charge in [0.05, 0.1) is 46.4 Å². The predicted octanol–water partition coefficient (Wildman–Crippen LogP) is 1.84. The Bertz CT molecular complexity index is 784. The molecular formula is C22H31N4O2+. The van der Waals surface area contributed by atoms with Gasteiger partial charge in [-0.25, -0.2) is 4.79 Å². The quantitative estimate of drug-likeness (QED) is 0.713. The minimum Gasteiger partial charge on any atom is -0.496 e. The van der Waals surface area contributed by atoms with E-state index in [9.17, 15) is 4.79 Å². The van der Waals surface area contributed by atoms with Crippen LogP contribution in [-0.2, 0) is 0 Å². The number of carbonyl (C=O) groups is 1. The number of nitrogens with zero attached hydrogens (tertiary/aromatic N) is 1. The van der Waals surface area contributed by atoms with Crippen molar-refractivity contribution in [3.8, 4) is 5.75 Å². The van der Waals surface area contributed by atoms with Crippen LogP contribution in [0.4, 0.5) is 16.2 Å². The van der Waals surface area contributed by atoms with Crippen LogP contribution in [0.2, 0.25) is 0 Å². The van der Waals surface area contributed by atoms with Crippen molar-refractivity contribution in [2.24, 2.45) is 0 Å². The number of nitrogens with one attached hydrogen (secondary N) is 3. The first kappa shape index (κ1) is 20.0. The van der Waals surface area contributed by atoms with E-state index in [1.165, 1.54) is 16.2 Å². The lowest BCUT2D eigenvalue weighted by Crippen LogP contribution is -3.15. The topological polar surface area (TPSA) is 58.0 Å². The molecule has 2 aromatic carbocycles. The maximum Gasteiger partial charge on any atom is 0.319 e. The van der Waals surface area contributed by atoms with Crippen LogP contribution in [0.1, 0.15) is 11.1 Å². The van der Waals surface area contributed by atoms with Gasteiger partial charge in [-0.3, -0.25) is 0 Å². The van der Waals surface area contributed by atoms with Crippen molar-refractivity contribution < 1.29 is 14.4 Å². The lowest BCUT2D eigenvalue weighted by atomic mass is 10.2. The minimum atomic E-state index is -0.172. The van der Waals surface area contributed by atoms with Gasteiger partial charge < -0.3 is 25.2 Å². The van der Waals surface area contributed by atoms with Gasteiger partial charge in [-0.2, -0.15) is 0 Å². The van der Waals surface area contributed by atoms with E-state index in [4.69, 9.17) is 4.74 Å². The Morgan fingerprint density at radius 3 is 2.50 bits per heavy atom. The number of hydrogen-bond donors (Lipinski definition) is 3. The summed E-state index contributed by atoms with van der Waals surface area (Å²) in [6, 6.07) is 14.2. The third-order valence-corrected chi connectivity index (χ3v) is 5.39. The molecule has 0 aromatic heterocycles. The van der Waals surface area contributed by atoms with E-state index < -0.39 is 0 Å². The number of quaternary nitrogens is 1. The number of piperazine rings is 1. The second-order valence-corrected chi connectivity index (χ2v) is 7.34. The Morgan fingerprint density at radius 2 is 1.82 bits per heavy atom. The summed E-state index contributed by atoms with van der Waals surface area (Å²) in [7, 11) is 1.63. The standard InChI is InChI=1S/C22H30N4O2/c1-17-7-9-19(10-8-17)26-15-13-25(14-16-26)12-11-23-22(27)24-20-5-4-6-21(28-3)18(20)2/h4-10H,11-16H2,1-3H3,(H2,23,24,27)/p+1. The van der Waals surface area contributed by atoms with Crippen molar-refractivity contribution in [3.05, 3.63) is 53.6 Å². The number of methoxy groups -OCH3 is 1. The summed E-state index contributed by atoms with van der Waals surface area (Å²) in [4.78, 5) is 16.2. The molecule has 0 atom stereocenters. The highest BCUT2D eigenvalue weighted by Crippen LogP contribution is 2.24. The van der Waals surface area contributed by atoms with Gasteiger partial charge in [0.25, 0.3) is 0 Å². The molecule has 3 rings (SSSR count). The normalized spacial score (nSPS) is 14.6. The van der Waals surface area contributed by atoms with Gasteiger partial charge in [0.1, 0.15) is 5.75 Å². The summed E-state index contributed by atoms with van der Waals surface area (Å²) in [5.74, 6) is 0.772. The first-order valence-corrected chi connectivity index (χ1v) is 9.90. The van der Waals surface area contributed by atoms with Crippen LogP contribution in [0.5, 0.6) is 5.75 Å². The molecule has 1 aliphatic heterocycles. The van der Waals surface area contributed by atoms with Crippen LogP contribution in [0, 0.1) is 13.8 Å². The summed E-state index contributed by atoms with van der Waals surface area (Å²) in [5.41, 5.74) is 4.30. The van der Waals surface area contributed by atoms with Crippen molar-refractivity contribution in [2.75, 3.05) is 56.6 Å². The molecule has 0 aliphatic carbocycles. The predicted molar refractivity (Wildman–Crippen MR) is 114 cm³/mol. The fraction of sp³-hybridized carbons (Fsp3) is 0.409. The van der Waals surface area contributed by atoms with Crippen molar-refractivity contribution in [1.82, 2.24) is 5.32 Å². The average molecular weight is 384 g/mol. The molecular weight excluding hydrogens is 352 g/mol. The Morgan fingerprint density at radius 1 is 1.11 bits per heavy atom. The van der Waals surface area contributed by atoms with E-state index in [2.05, 4.69) is 46.7 Å². The van der Waals surface area contributed by atoms with E-state index in [0.717, 1.165) is 49.7 Å². The molecule has 0 radical (unpaired) electrons. The molecule has 2 amide bonds. The molecule has 0 bridgehead atoms. The highest BCUT2D eigenvalue weighted by molar-refractivity contribution is 5.90. The van der Waals surface area contributed by atoms with Crippen LogP contribution in [0.3, 0.4) is 0 Å². The number of aryl methyl sites for hydroxylation is 1. The summed E-state index contributed by atoms with van der Waals surface area (Å²) in [6.07, 6.45) is 0. The van der Waals surface area contributed by atoms with Gasteiger partial charge >= 0.3 is 6.03 Å². The fourth-order valence-electron chi connectivity index (χ4n) is 3.58. The van der Waals surface area contributed by atoms with Gasteiger partial charge in [0, 0.05) is 16.9 Å². The van der Waals surface area contributed by atoms with Crippen molar-refractivity contribution in [3.63, 3.8) is 0 Å². The SMILES string of the molecule is COc1cccc(NC(=O)NCC[NH+]2CCN(c3ccc(C)cc3)CC2)c1C. The van der Waals surface area contributed by atoms with E-state index in [-0.39, 0.29) is 6.03 Å². The third-order valence-electron chi connectivity index (χ3n) is 5.39. The zero-order chi connectivity index (χ0) is 19.9. The van der Waals surface area contributed by atoms with Gasteiger partial charge in [-0.1, -0.05) is 23.8 Å². The minimum absolute atomic E-state index is 0.172. The summed E-state index contributed by atoms with van der Waals surface area (Å²) < 4.78 is 5.30. The maximum atomic E-state index is 12.2. The molecule has 1 fully saturated rings. The van der Waals surface area contributed by atoms with Gasteiger partial charge in [0.15, 0.2) is 0 Å². The summed E-state index contributed by atoms with van der Waals surface area (Å²) in [5, 5.41) is 5.88. The zero-order valence-corrected chi connectivity index (χ0v) is 17.0. The first-order chi connectivity index (χ1) is 13.6. The Hall–Kier alpha value is -2.73. The van der Waals surface area contributed by atoms with Gasteiger partial charge in [0.2, 0.25) is 0 Å². The maximum absolute atomic E-state index is 12.2. The highest BCUT2D eigenvalue weighted by atomic mass is 16.5. The lowest BCUT2D eigenvalue weighted by molar-refractivity contribution is -0.899. The number of hydrogen-bond acceptors (Lipinski definition) is 3. The monoisotopic (exact) mass is 383 g/mol. The molecule has 0 unspecified atom stereocenters. The molecule has 0 saturated carbocycles. The molecule has 150 valence electrons. The number of urea groups is 1. The van der Waals surface area contributed by atoms with Crippen LogP contribution < -0.4 is 25.2 Å². The van der Waals surface area contributed by atoms with Crippen LogP contribution in [-0.4, -0.2) is 52.4 Å². The number of carbonyl (C=O) groups excluding carboxylic acids is 1. The van der Waals surface area contributed by atoms with E-state index in [1.807, 2.05) is 25.1 Å². The second kappa shape index (κ2) is 9.46. The number of anilines is 2. The van der Waals surface area contributed by atoms with Crippen molar-refractivity contribution in [1.29, 1.82) is 0 Å². The second-order valence-electron chi connectivity index (χ2n) is 7.34. The smallest absolute Gasteiger partial charge is 0.319 e. The summed E-state index contributed by atoms with van der Waals surface area (Å²) >= 11 is 0. The first-order valence-electron chi connectivity index (χ1n) is 9.90. The fourth-order valence-corrected chi connectivity index (χ4v) is 3.58.